The highest BCUT2D eigenvalue weighted by atomic mass is 35.5. The Balaban J connectivity index is 0.00000112. The monoisotopic (exact) mass is 249 g/mol. The average Bonchev–Trinajstić information content (AvgIpc) is 2.57. The number of anilines is 1. The van der Waals surface area contributed by atoms with Crippen molar-refractivity contribution < 1.29 is 9.35 Å². The van der Waals surface area contributed by atoms with E-state index in [1.807, 2.05) is 0 Å². The molecular formula is C8H12ClN3O2S. The summed E-state index contributed by atoms with van der Waals surface area (Å²) in [5.41, 5.74) is 6.11. The van der Waals surface area contributed by atoms with Crippen molar-refractivity contribution in [3.05, 3.63) is 12.4 Å². The molecule has 1 aromatic rings. The fraction of sp³-hybridized carbons (Fsp3) is 0.500. The van der Waals surface area contributed by atoms with Crippen molar-refractivity contribution >= 4 is 34.4 Å². The number of carbonyl (C=O) groups is 1. The topological polar surface area (TPSA) is 84.0 Å². The van der Waals surface area contributed by atoms with Gasteiger partial charge >= 0.3 is 5.12 Å². The minimum atomic E-state index is -1.28. The molecule has 2 N–H and O–H groups in total. The normalized spacial score (nSPS) is 26.1. The Kier molecular flexibility index (Phi) is 4.01. The molecule has 0 bridgehead atoms. The molecule has 7 heteroatoms. The zero-order valence-electron chi connectivity index (χ0n) is 7.96. The second-order valence-corrected chi connectivity index (χ2v) is 4.88. The molecule has 0 spiro atoms. The first kappa shape index (κ1) is 12.4. The molecule has 5 nitrogen and oxygen atoms in total. The lowest BCUT2D eigenvalue weighted by Gasteiger charge is -2.22. The lowest BCUT2D eigenvalue weighted by atomic mass is 10.1. The molecule has 0 amide bonds. The van der Waals surface area contributed by atoms with Crippen LogP contribution in [0.25, 0.3) is 0 Å². The van der Waals surface area contributed by atoms with Crippen molar-refractivity contribution in [2.24, 2.45) is 0 Å². The minimum Gasteiger partial charge on any atom is -0.609 e. The van der Waals surface area contributed by atoms with Gasteiger partial charge in [-0.1, -0.05) is 0 Å². The molecule has 15 heavy (non-hydrogen) atoms. The van der Waals surface area contributed by atoms with Crippen molar-refractivity contribution in [2.45, 2.75) is 18.9 Å². The van der Waals surface area contributed by atoms with Crippen LogP contribution in [0.1, 0.15) is 18.9 Å². The highest BCUT2D eigenvalue weighted by molar-refractivity contribution is 8.06. The van der Waals surface area contributed by atoms with Gasteiger partial charge in [-0.05, 0) is 0 Å². The SMILES string of the molecule is Cl.Nc1cnn(C2CC[S+]([O-])C(=O)C2)c1. The largest absolute Gasteiger partial charge is 0.609 e. The second-order valence-electron chi connectivity index (χ2n) is 3.32. The van der Waals surface area contributed by atoms with Crippen molar-refractivity contribution in [1.29, 1.82) is 0 Å². The summed E-state index contributed by atoms with van der Waals surface area (Å²) in [6.07, 6.45) is 4.27. The maximum atomic E-state index is 11.2. The number of aromatic nitrogens is 2. The Bertz CT molecular complexity index is 357. The number of nitrogens with two attached hydrogens (primary N) is 1. The standard InChI is InChI=1S/C8H11N3O2S.ClH/c9-6-4-10-11(5-6)7-1-2-14(13)8(12)3-7;/h4-5,7H,1-3,9H2;1H. The fourth-order valence-corrected chi connectivity index (χ4v) is 2.61. The molecule has 2 rings (SSSR count). The molecule has 84 valence electrons. The third-order valence-electron chi connectivity index (χ3n) is 2.29. The molecule has 1 aliphatic heterocycles. The van der Waals surface area contributed by atoms with Crippen LogP contribution in [0.5, 0.6) is 0 Å². The van der Waals surface area contributed by atoms with Crippen molar-refractivity contribution in [2.75, 3.05) is 11.5 Å². The smallest absolute Gasteiger partial charge is 0.331 e. The summed E-state index contributed by atoms with van der Waals surface area (Å²) in [6, 6.07) is 0.0255. The van der Waals surface area contributed by atoms with Crippen LogP contribution in [0.3, 0.4) is 0 Å². The summed E-state index contributed by atoms with van der Waals surface area (Å²) in [5, 5.41) is 3.85. The van der Waals surface area contributed by atoms with Gasteiger partial charge in [-0.3, -0.25) is 4.68 Å². The number of hydrogen-bond donors (Lipinski definition) is 1. The molecule has 0 aromatic carbocycles. The molecule has 2 unspecified atom stereocenters. The van der Waals surface area contributed by atoms with E-state index in [0.29, 0.717) is 17.9 Å². The van der Waals surface area contributed by atoms with Gasteiger partial charge < -0.3 is 10.3 Å². The molecule has 2 atom stereocenters. The number of rotatable bonds is 1. The molecule has 0 saturated carbocycles. The molecule has 1 fully saturated rings. The minimum absolute atomic E-state index is 0. The number of carbonyl (C=O) groups excluding carboxylic acids is 1. The number of hydrogen-bond acceptors (Lipinski definition) is 4. The van der Waals surface area contributed by atoms with Gasteiger partial charge in [-0.2, -0.15) is 5.10 Å². The van der Waals surface area contributed by atoms with Crippen LogP contribution >= 0.6 is 12.4 Å². The van der Waals surface area contributed by atoms with Gasteiger partial charge in [0.15, 0.2) is 0 Å². The van der Waals surface area contributed by atoms with Crippen molar-refractivity contribution in [3.8, 4) is 0 Å². The zero-order valence-corrected chi connectivity index (χ0v) is 9.59. The number of halogens is 1. The third-order valence-corrected chi connectivity index (χ3v) is 3.57. The molecule has 0 radical (unpaired) electrons. The van der Waals surface area contributed by atoms with Crippen molar-refractivity contribution in [1.82, 2.24) is 9.78 Å². The zero-order chi connectivity index (χ0) is 10.1. The molecule has 1 aliphatic rings. The fourth-order valence-electron chi connectivity index (χ4n) is 1.52. The van der Waals surface area contributed by atoms with Crippen LogP contribution in [-0.2, 0) is 16.0 Å². The first-order valence-electron chi connectivity index (χ1n) is 4.37. The molecule has 1 aromatic heterocycles. The van der Waals surface area contributed by atoms with Crippen LogP contribution in [0.4, 0.5) is 5.69 Å². The van der Waals surface area contributed by atoms with E-state index in [9.17, 15) is 9.35 Å². The van der Waals surface area contributed by atoms with Gasteiger partial charge in [0.2, 0.25) is 0 Å². The van der Waals surface area contributed by atoms with Crippen LogP contribution < -0.4 is 5.73 Å². The van der Waals surface area contributed by atoms with E-state index >= 15 is 0 Å². The summed E-state index contributed by atoms with van der Waals surface area (Å²) >= 11 is -1.28. The van der Waals surface area contributed by atoms with E-state index in [4.69, 9.17) is 5.73 Å². The molecule has 2 heterocycles. The van der Waals surface area contributed by atoms with Crippen LogP contribution in [0.2, 0.25) is 0 Å². The van der Waals surface area contributed by atoms with Gasteiger partial charge in [0.1, 0.15) is 5.75 Å². The van der Waals surface area contributed by atoms with Gasteiger partial charge in [0.05, 0.1) is 24.3 Å². The van der Waals surface area contributed by atoms with Crippen LogP contribution in [0, 0.1) is 0 Å². The van der Waals surface area contributed by atoms with E-state index in [1.54, 1.807) is 17.1 Å². The van der Waals surface area contributed by atoms with Gasteiger partial charge in [0, 0.05) is 23.8 Å². The molecule has 1 saturated heterocycles. The second kappa shape index (κ2) is 4.87. The maximum absolute atomic E-state index is 11.2. The molecule has 0 aliphatic carbocycles. The summed E-state index contributed by atoms with van der Waals surface area (Å²) in [6.45, 7) is 0. The Hall–Kier alpha value is -0.720. The van der Waals surface area contributed by atoms with Crippen molar-refractivity contribution in [3.63, 3.8) is 0 Å². The maximum Gasteiger partial charge on any atom is 0.331 e. The van der Waals surface area contributed by atoms with Crippen LogP contribution in [-0.4, -0.2) is 25.2 Å². The summed E-state index contributed by atoms with van der Waals surface area (Å²) in [5.74, 6) is 0.434. The van der Waals surface area contributed by atoms with E-state index in [-0.39, 0.29) is 23.6 Å². The van der Waals surface area contributed by atoms with E-state index in [2.05, 4.69) is 5.10 Å². The van der Waals surface area contributed by atoms with Gasteiger partial charge in [0.25, 0.3) is 0 Å². The Morgan fingerprint density at radius 3 is 2.93 bits per heavy atom. The van der Waals surface area contributed by atoms with E-state index in [0.717, 1.165) is 6.42 Å². The molecular weight excluding hydrogens is 238 g/mol. The predicted molar refractivity (Wildman–Crippen MR) is 60.2 cm³/mol. The Labute approximate surface area is 96.6 Å². The number of nitrogen functional groups attached to an aromatic ring is 1. The van der Waals surface area contributed by atoms with Gasteiger partial charge in [-0.25, -0.2) is 4.79 Å². The highest BCUT2D eigenvalue weighted by Crippen LogP contribution is 2.24. The first-order valence-corrected chi connectivity index (χ1v) is 5.69. The summed E-state index contributed by atoms with van der Waals surface area (Å²) < 4.78 is 12.8. The third kappa shape index (κ3) is 2.64. The Morgan fingerprint density at radius 1 is 1.67 bits per heavy atom. The highest BCUT2D eigenvalue weighted by Gasteiger charge is 2.31. The van der Waals surface area contributed by atoms with Gasteiger partial charge in [-0.15, -0.1) is 12.4 Å². The quantitative estimate of drug-likeness (QED) is 0.735. The van der Waals surface area contributed by atoms with Crippen LogP contribution in [0.15, 0.2) is 12.4 Å². The van der Waals surface area contributed by atoms with E-state index in [1.165, 1.54) is 0 Å². The lowest BCUT2D eigenvalue weighted by Crippen LogP contribution is -2.30. The lowest BCUT2D eigenvalue weighted by molar-refractivity contribution is -0.112. The summed E-state index contributed by atoms with van der Waals surface area (Å²) in [7, 11) is 0. The number of nitrogens with zero attached hydrogens (tertiary/aromatic N) is 2. The predicted octanol–water partition coefficient (Wildman–Crippen LogP) is 0.497. The first-order chi connectivity index (χ1) is 6.66. The average molecular weight is 250 g/mol. The summed E-state index contributed by atoms with van der Waals surface area (Å²) in [4.78, 5) is 11.2. The Morgan fingerprint density at radius 2 is 2.40 bits per heavy atom. The van der Waals surface area contributed by atoms with E-state index < -0.39 is 11.2 Å².